The number of alkyl halides is 3. The van der Waals surface area contributed by atoms with Crippen LogP contribution in [0.2, 0.25) is 0 Å². The van der Waals surface area contributed by atoms with E-state index in [4.69, 9.17) is 14.6 Å². The number of hydrogen-bond donors (Lipinski definition) is 3. The SMILES string of the molecule is COc1cccc(CN(CCO)C(=O)Cc2ccc(-c3cn[nH]c3)cc2)c1.O=C(O)C(F)(F)F. The van der Waals surface area contributed by atoms with Crippen molar-refractivity contribution < 1.29 is 37.7 Å². The molecular formula is C23H24F3N3O5. The summed E-state index contributed by atoms with van der Waals surface area (Å²) in [4.78, 5) is 23.3. The number of aliphatic carboxylic acids is 1. The van der Waals surface area contributed by atoms with Gasteiger partial charge in [-0.1, -0.05) is 36.4 Å². The first-order valence-electron chi connectivity index (χ1n) is 10.0. The monoisotopic (exact) mass is 479 g/mol. The highest BCUT2D eigenvalue weighted by atomic mass is 19.4. The lowest BCUT2D eigenvalue weighted by Gasteiger charge is -2.22. The molecule has 1 heterocycles. The Labute approximate surface area is 193 Å². The number of carbonyl (C=O) groups is 2. The summed E-state index contributed by atoms with van der Waals surface area (Å²) in [6.45, 7) is 0.655. The van der Waals surface area contributed by atoms with Crippen LogP contribution >= 0.6 is 0 Å². The Balaban J connectivity index is 0.000000509. The number of methoxy groups -OCH3 is 1. The van der Waals surface area contributed by atoms with Gasteiger partial charge in [0.2, 0.25) is 5.91 Å². The van der Waals surface area contributed by atoms with E-state index in [1.54, 1.807) is 18.2 Å². The fraction of sp³-hybridized carbons (Fsp3) is 0.261. The number of benzene rings is 2. The van der Waals surface area contributed by atoms with Crippen molar-refractivity contribution in [2.75, 3.05) is 20.3 Å². The lowest BCUT2D eigenvalue weighted by atomic mass is 10.0. The van der Waals surface area contributed by atoms with Gasteiger partial charge in [0.1, 0.15) is 5.75 Å². The molecule has 3 aromatic rings. The van der Waals surface area contributed by atoms with Crippen LogP contribution in [0.4, 0.5) is 13.2 Å². The molecule has 182 valence electrons. The molecule has 0 aliphatic rings. The molecule has 2 aromatic carbocycles. The van der Waals surface area contributed by atoms with Gasteiger partial charge in [-0.05, 0) is 28.8 Å². The fourth-order valence-corrected chi connectivity index (χ4v) is 2.91. The molecule has 3 N–H and O–H groups in total. The van der Waals surface area contributed by atoms with Gasteiger partial charge in [-0.25, -0.2) is 4.79 Å². The minimum Gasteiger partial charge on any atom is -0.497 e. The van der Waals surface area contributed by atoms with Crippen LogP contribution in [-0.4, -0.2) is 63.6 Å². The van der Waals surface area contributed by atoms with Crippen molar-refractivity contribution in [3.05, 3.63) is 72.1 Å². The number of hydrogen-bond acceptors (Lipinski definition) is 5. The number of aromatic nitrogens is 2. The van der Waals surface area contributed by atoms with Crippen LogP contribution in [0, 0.1) is 0 Å². The quantitative estimate of drug-likeness (QED) is 0.457. The maximum Gasteiger partial charge on any atom is 0.490 e. The van der Waals surface area contributed by atoms with Crippen molar-refractivity contribution in [1.82, 2.24) is 15.1 Å². The molecule has 0 atom stereocenters. The van der Waals surface area contributed by atoms with Gasteiger partial charge < -0.3 is 19.8 Å². The molecule has 0 radical (unpaired) electrons. The molecule has 11 heteroatoms. The van der Waals surface area contributed by atoms with Crippen molar-refractivity contribution in [2.24, 2.45) is 0 Å². The Morgan fingerprint density at radius 1 is 1.09 bits per heavy atom. The molecule has 3 rings (SSSR count). The summed E-state index contributed by atoms with van der Waals surface area (Å²) in [5, 5.41) is 23.2. The smallest absolute Gasteiger partial charge is 0.490 e. The molecule has 0 saturated carbocycles. The van der Waals surface area contributed by atoms with Crippen LogP contribution in [0.5, 0.6) is 5.75 Å². The number of carbonyl (C=O) groups excluding carboxylic acids is 1. The van der Waals surface area contributed by atoms with Crippen molar-refractivity contribution in [3.63, 3.8) is 0 Å². The third-order valence-corrected chi connectivity index (χ3v) is 4.61. The molecule has 0 bridgehead atoms. The Morgan fingerprint density at radius 3 is 2.29 bits per heavy atom. The first-order chi connectivity index (χ1) is 16.1. The molecule has 0 fully saturated rings. The second kappa shape index (κ2) is 12.4. The van der Waals surface area contributed by atoms with Gasteiger partial charge in [0.25, 0.3) is 0 Å². The largest absolute Gasteiger partial charge is 0.497 e. The summed E-state index contributed by atoms with van der Waals surface area (Å²) in [5.74, 6) is -2.03. The van der Waals surface area contributed by atoms with Crippen LogP contribution in [0.1, 0.15) is 11.1 Å². The maximum absolute atomic E-state index is 12.7. The summed E-state index contributed by atoms with van der Waals surface area (Å²) in [5.41, 5.74) is 3.95. The normalized spacial score (nSPS) is 10.7. The molecular weight excluding hydrogens is 455 g/mol. The molecule has 8 nitrogen and oxygen atoms in total. The number of carboxylic acid groups (broad SMARTS) is 1. The van der Waals surface area contributed by atoms with Crippen LogP contribution in [-0.2, 0) is 22.6 Å². The third kappa shape index (κ3) is 8.24. The molecule has 0 spiro atoms. The fourth-order valence-electron chi connectivity index (χ4n) is 2.91. The Morgan fingerprint density at radius 2 is 1.76 bits per heavy atom. The summed E-state index contributed by atoms with van der Waals surface area (Å²) < 4.78 is 37.0. The average Bonchev–Trinajstić information content (AvgIpc) is 3.34. The van der Waals surface area contributed by atoms with Gasteiger partial charge in [0, 0.05) is 24.8 Å². The number of carboxylic acids is 1. The summed E-state index contributed by atoms with van der Waals surface area (Å²) in [6, 6.07) is 15.5. The van der Waals surface area contributed by atoms with Gasteiger partial charge >= 0.3 is 12.1 Å². The van der Waals surface area contributed by atoms with E-state index in [0.717, 1.165) is 28.0 Å². The molecule has 0 unspecified atom stereocenters. The van der Waals surface area contributed by atoms with E-state index < -0.39 is 12.1 Å². The molecule has 34 heavy (non-hydrogen) atoms. The van der Waals surface area contributed by atoms with E-state index in [-0.39, 0.29) is 18.9 Å². The molecule has 0 saturated heterocycles. The van der Waals surface area contributed by atoms with Crippen LogP contribution in [0.3, 0.4) is 0 Å². The minimum absolute atomic E-state index is 0.0251. The maximum atomic E-state index is 12.7. The summed E-state index contributed by atoms with van der Waals surface area (Å²) in [7, 11) is 1.61. The Kier molecular flexibility index (Phi) is 9.62. The number of H-pyrrole nitrogens is 1. The highest BCUT2D eigenvalue weighted by molar-refractivity contribution is 5.79. The number of rotatable bonds is 8. The van der Waals surface area contributed by atoms with Gasteiger partial charge in [-0.3, -0.25) is 9.89 Å². The number of nitrogens with one attached hydrogen (secondary N) is 1. The van der Waals surface area contributed by atoms with E-state index in [0.29, 0.717) is 13.1 Å². The highest BCUT2D eigenvalue weighted by Gasteiger charge is 2.38. The third-order valence-electron chi connectivity index (χ3n) is 4.61. The predicted molar refractivity (Wildman–Crippen MR) is 117 cm³/mol. The number of aromatic amines is 1. The van der Waals surface area contributed by atoms with Crippen molar-refractivity contribution >= 4 is 11.9 Å². The van der Waals surface area contributed by atoms with E-state index in [2.05, 4.69) is 10.2 Å². The zero-order valence-electron chi connectivity index (χ0n) is 18.2. The number of amides is 1. The molecule has 0 aliphatic heterocycles. The average molecular weight is 479 g/mol. The van der Waals surface area contributed by atoms with Gasteiger partial charge in [-0.2, -0.15) is 18.3 Å². The topological polar surface area (TPSA) is 116 Å². The lowest BCUT2D eigenvalue weighted by Crippen LogP contribution is -2.34. The standard InChI is InChI=1S/C21H23N3O3.C2HF3O2/c1-27-20-4-2-3-17(11-20)15-24(9-10-25)21(26)12-16-5-7-18(8-6-16)19-13-22-23-14-19;3-2(4,5)1(6)7/h2-8,11,13-14,25H,9-10,12,15H2,1H3,(H,22,23);(H,6,7). The first kappa shape index (κ1) is 26.4. The van der Waals surface area contributed by atoms with Crippen LogP contribution in [0.15, 0.2) is 60.9 Å². The molecule has 1 amide bonds. The number of aliphatic hydroxyl groups excluding tert-OH is 1. The van der Waals surface area contributed by atoms with Crippen molar-refractivity contribution in [3.8, 4) is 16.9 Å². The van der Waals surface area contributed by atoms with Crippen LogP contribution < -0.4 is 4.74 Å². The zero-order valence-corrected chi connectivity index (χ0v) is 18.2. The lowest BCUT2D eigenvalue weighted by molar-refractivity contribution is -0.192. The van der Waals surface area contributed by atoms with Gasteiger partial charge in [0.05, 0.1) is 26.3 Å². The number of nitrogens with zero attached hydrogens (tertiary/aromatic N) is 2. The number of halogens is 3. The van der Waals surface area contributed by atoms with Crippen molar-refractivity contribution in [1.29, 1.82) is 0 Å². The zero-order chi connectivity index (χ0) is 25.1. The van der Waals surface area contributed by atoms with E-state index >= 15 is 0 Å². The first-order valence-corrected chi connectivity index (χ1v) is 10.0. The minimum atomic E-state index is -5.08. The molecule has 0 aliphatic carbocycles. The van der Waals surface area contributed by atoms with E-state index in [1.807, 2.05) is 54.7 Å². The van der Waals surface area contributed by atoms with E-state index in [1.165, 1.54) is 0 Å². The van der Waals surface area contributed by atoms with Gasteiger partial charge in [-0.15, -0.1) is 0 Å². The summed E-state index contributed by atoms with van der Waals surface area (Å²) >= 11 is 0. The number of aliphatic hydroxyl groups is 1. The predicted octanol–water partition coefficient (Wildman–Crippen LogP) is 3.28. The molecule has 1 aromatic heterocycles. The Hall–Kier alpha value is -3.86. The van der Waals surface area contributed by atoms with E-state index in [9.17, 15) is 23.1 Å². The van der Waals surface area contributed by atoms with Gasteiger partial charge in [0.15, 0.2) is 0 Å². The second-order valence-corrected chi connectivity index (χ2v) is 7.05. The Bertz CT molecular complexity index is 1050. The highest BCUT2D eigenvalue weighted by Crippen LogP contribution is 2.19. The van der Waals surface area contributed by atoms with Crippen molar-refractivity contribution in [2.45, 2.75) is 19.1 Å². The van der Waals surface area contributed by atoms with Crippen LogP contribution in [0.25, 0.3) is 11.1 Å². The number of ether oxygens (including phenoxy) is 1. The summed E-state index contributed by atoms with van der Waals surface area (Å²) in [6.07, 6.45) is -1.20. The second-order valence-electron chi connectivity index (χ2n) is 7.05.